The summed E-state index contributed by atoms with van der Waals surface area (Å²) in [4.78, 5) is 6.84. The van der Waals surface area contributed by atoms with Crippen LogP contribution in [0.15, 0.2) is 27.8 Å². The Morgan fingerprint density at radius 3 is 2.79 bits per heavy atom. The molecule has 2 rings (SSSR count). The quantitative estimate of drug-likeness (QED) is 0.369. The van der Waals surface area contributed by atoms with Crippen molar-refractivity contribution in [2.75, 3.05) is 33.3 Å². The lowest BCUT2D eigenvalue weighted by atomic mass is 10.3. The van der Waals surface area contributed by atoms with E-state index in [1.807, 2.05) is 19.2 Å². The van der Waals surface area contributed by atoms with Crippen LogP contribution in [-0.4, -0.2) is 56.2 Å². The Balaban J connectivity index is 1.50. The molecule has 1 aliphatic carbocycles. The van der Waals surface area contributed by atoms with E-state index in [-0.39, 0.29) is 0 Å². The molecule has 0 amide bonds. The molecule has 6 heteroatoms. The molecule has 0 bridgehead atoms. The molecule has 136 valence electrons. The average Bonchev–Trinajstić information content (AvgIpc) is 3.27. The fraction of sp³-hybridized carbons (Fsp3) is 0.722. The van der Waals surface area contributed by atoms with Gasteiger partial charge in [0.15, 0.2) is 5.96 Å². The van der Waals surface area contributed by atoms with E-state index in [4.69, 9.17) is 9.15 Å². The van der Waals surface area contributed by atoms with E-state index in [0.717, 1.165) is 43.8 Å². The minimum Gasteiger partial charge on any atom is -0.467 e. The molecule has 0 aliphatic heterocycles. The number of nitrogens with zero attached hydrogens (tertiary/aromatic N) is 2. The number of rotatable bonds is 11. The SMILES string of the molecule is CN=C(NCCCOCc1ccco1)NCCN(C(C)C)C1CC1. The zero-order chi connectivity index (χ0) is 17.2. The minimum absolute atomic E-state index is 0.534. The summed E-state index contributed by atoms with van der Waals surface area (Å²) in [6, 6.07) is 5.21. The summed E-state index contributed by atoms with van der Waals surface area (Å²) in [5, 5.41) is 6.72. The number of furan rings is 1. The standard InChI is InChI=1S/C18H32N4O2/c1-15(2)22(16-7-8-16)11-10-21-18(19-3)20-9-5-12-23-14-17-6-4-13-24-17/h4,6,13,15-16H,5,7-12,14H2,1-3H3,(H2,19,20,21). The molecule has 0 aromatic carbocycles. The van der Waals surface area contributed by atoms with Gasteiger partial charge in [0.2, 0.25) is 0 Å². The summed E-state index contributed by atoms with van der Waals surface area (Å²) >= 11 is 0. The van der Waals surface area contributed by atoms with Crippen LogP contribution >= 0.6 is 0 Å². The van der Waals surface area contributed by atoms with Crippen molar-refractivity contribution in [1.82, 2.24) is 15.5 Å². The van der Waals surface area contributed by atoms with Gasteiger partial charge >= 0.3 is 0 Å². The number of guanidine groups is 1. The number of nitrogens with one attached hydrogen (secondary N) is 2. The van der Waals surface area contributed by atoms with Crippen LogP contribution in [0.5, 0.6) is 0 Å². The van der Waals surface area contributed by atoms with Crippen LogP contribution in [0.4, 0.5) is 0 Å². The van der Waals surface area contributed by atoms with E-state index < -0.39 is 0 Å². The minimum atomic E-state index is 0.534. The van der Waals surface area contributed by atoms with Gasteiger partial charge in [0, 0.05) is 45.4 Å². The van der Waals surface area contributed by atoms with E-state index in [0.29, 0.717) is 19.3 Å². The van der Waals surface area contributed by atoms with Crippen molar-refractivity contribution in [2.24, 2.45) is 4.99 Å². The molecule has 1 aliphatic rings. The highest BCUT2D eigenvalue weighted by Crippen LogP contribution is 2.27. The molecular formula is C18H32N4O2. The molecule has 0 spiro atoms. The molecule has 1 saturated carbocycles. The Morgan fingerprint density at radius 1 is 1.38 bits per heavy atom. The first kappa shape index (κ1) is 18.8. The third-order valence-electron chi connectivity index (χ3n) is 4.15. The lowest BCUT2D eigenvalue weighted by Gasteiger charge is -2.26. The van der Waals surface area contributed by atoms with Crippen LogP contribution in [0, 0.1) is 0 Å². The van der Waals surface area contributed by atoms with Crippen LogP contribution in [-0.2, 0) is 11.3 Å². The second-order valence-corrected chi connectivity index (χ2v) is 6.47. The predicted molar refractivity (Wildman–Crippen MR) is 97.2 cm³/mol. The van der Waals surface area contributed by atoms with Gasteiger partial charge in [-0.1, -0.05) is 0 Å². The maximum absolute atomic E-state index is 5.57. The highest BCUT2D eigenvalue weighted by atomic mass is 16.5. The highest BCUT2D eigenvalue weighted by Gasteiger charge is 2.29. The molecule has 1 heterocycles. The summed E-state index contributed by atoms with van der Waals surface area (Å²) in [6.45, 7) is 8.61. The Hall–Kier alpha value is -1.53. The van der Waals surface area contributed by atoms with Gasteiger partial charge in [-0.05, 0) is 45.2 Å². The molecule has 1 aromatic rings. The zero-order valence-corrected chi connectivity index (χ0v) is 15.3. The molecule has 1 fully saturated rings. The van der Waals surface area contributed by atoms with Crippen LogP contribution in [0.25, 0.3) is 0 Å². The van der Waals surface area contributed by atoms with E-state index in [2.05, 4.69) is 34.4 Å². The van der Waals surface area contributed by atoms with Crippen molar-refractivity contribution in [3.05, 3.63) is 24.2 Å². The van der Waals surface area contributed by atoms with Gasteiger partial charge in [0.25, 0.3) is 0 Å². The predicted octanol–water partition coefficient (Wildman–Crippen LogP) is 2.22. The average molecular weight is 336 g/mol. The van der Waals surface area contributed by atoms with Crippen LogP contribution in [0.1, 0.15) is 38.9 Å². The summed E-state index contributed by atoms with van der Waals surface area (Å²) in [5.41, 5.74) is 0. The molecular weight excluding hydrogens is 304 g/mol. The van der Waals surface area contributed by atoms with Gasteiger partial charge in [0.1, 0.15) is 12.4 Å². The first-order valence-electron chi connectivity index (χ1n) is 9.01. The number of hydrogen-bond acceptors (Lipinski definition) is 4. The second kappa shape index (κ2) is 10.4. The van der Waals surface area contributed by atoms with E-state index >= 15 is 0 Å². The summed E-state index contributed by atoms with van der Waals surface area (Å²) in [6.07, 6.45) is 5.30. The monoisotopic (exact) mass is 336 g/mol. The van der Waals surface area contributed by atoms with Gasteiger partial charge in [0.05, 0.1) is 6.26 Å². The topological polar surface area (TPSA) is 62.0 Å². The third-order valence-corrected chi connectivity index (χ3v) is 4.15. The Morgan fingerprint density at radius 2 is 2.17 bits per heavy atom. The number of aliphatic imine (C=N–C) groups is 1. The normalized spacial score (nSPS) is 15.3. The van der Waals surface area contributed by atoms with Gasteiger partial charge in [-0.3, -0.25) is 9.89 Å². The van der Waals surface area contributed by atoms with Gasteiger partial charge in [-0.15, -0.1) is 0 Å². The van der Waals surface area contributed by atoms with Crippen molar-refractivity contribution in [3.8, 4) is 0 Å². The first-order chi connectivity index (χ1) is 11.7. The van der Waals surface area contributed by atoms with Crippen LogP contribution in [0.3, 0.4) is 0 Å². The Kier molecular flexibility index (Phi) is 8.12. The summed E-state index contributed by atoms with van der Waals surface area (Å²) in [5.74, 6) is 1.73. The van der Waals surface area contributed by atoms with Crippen molar-refractivity contribution in [3.63, 3.8) is 0 Å². The largest absolute Gasteiger partial charge is 0.467 e. The van der Waals surface area contributed by atoms with Crippen molar-refractivity contribution in [1.29, 1.82) is 0 Å². The maximum Gasteiger partial charge on any atom is 0.191 e. The molecule has 2 N–H and O–H groups in total. The smallest absolute Gasteiger partial charge is 0.191 e. The number of ether oxygens (including phenoxy) is 1. The van der Waals surface area contributed by atoms with Gasteiger partial charge in [-0.2, -0.15) is 0 Å². The Labute approximate surface area is 145 Å². The van der Waals surface area contributed by atoms with Crippen LogP contribution < -0.4 is 10.6 Å². The summed E-state index contributed by atoms with van der Waals surface area (Å²) in [7, 11) is 1.81. The lowest BCUT2D eigenvalue weighted by molar-refractivity contribution is 0.105. The maximum atomic E-state index is 5.57. The van der Waals surface area contributed by atoms with Crippen molar-refractivity contribution in [2.45, 2.75) is 51.8 Å². The zero-order valence-electron chi connectivity index (χ0n) is 15.3. The Bertz CT molecular complexity index is 467. The molecule has 0 unspecified atom stereocenters. The lowest BCUT2D eigenvalue weighted by Crippen LogP contribution is -2.44. The fourth-order valence-electron chi connectivity index (χ4n) is 2.74. The van der Waals surface area contributed by atoms with Crippen molar-refractivity contribution < 1.29 is 9.15 Å². The van der Waals surface area contributed by atoms with Crippen molar-refractivity contribution >= 4 is 5.96 Å². The molecule has 24 heavy (non-hydrogen) atoms. The molecule has 0 radical (unpaired) electrons. The third kappa shape index (κ3) is 6.93. The van der Waals surface area contributed by atoms with Crippen LogP contribution in [0.2, 0.25) is 0 Å². The highest BCUT2D eigenvalue weighted by molar-refractivity contribution is 5.79. The van der Waals surface area contributed by atoms with Gasteiger partial charge in [-0.25, -0.2) is 0 Å². The summed E-state index contributed by atoms with van der Waals surface area (Å²) < 4.78 is 10.8. The molecule has 6 nitrogen and oxygen atoms in total. The molecule has 0 saturated heterocycles. The first-order valence-corrected chi connectivity index (χ1v) is 9.01. The molecule has 0 atom stereocenters. The van der Waals surface area contributed by atoms with E-state index in [1.165, 1.54) is 12.8 Å². The fourth-order valence-corrected chi connectivity index (χ4v) is 2.74. The molecule has 1 aromatic heterocycles. The van der Waals surface area contributed by atoms with E-state index in [1.54, 1.807) is 6.26 Å². The van der Waals surface area contributed by atoms with E-state index in [9.17, 15) is 0 Å². The van der Waals surface area contributed by atoms with Gasteiger partial charge < -0.3 is 19.8 Å². The second-order valence-electron chi connectivity index (χ2n) is 6.47. The number of hydrogen-bond donors (Lipinski definition) is 2.